The third-order valence-electron chi connectivity index (χ3n) is 3.98. The van der Waals surface area contributed by atoms with Gasteiger partial charge in [0.15, 0.2) is 0 Å². The van der Waals surface area contributed by atoms with Crippen molar-refractivity contribution >= 4 is 11.9 Å². The van der Waals surface area contributed by atoms with Crippen molar-refractivity contribution in [2.24, 2.45) is 0 Å². The standard InChI is InChI=1S/C19H12F6N2O3/c20-18(21,22)13-6-12(7-14(8-13)19(23,24)25)16(28)27-15(17(29)30)5-10-1-3-11(9-26)4-2-10/h1-4,6-8,15H,5H2,(H,27,28)(H,29,30)/t15-/m0/s1. The van der Waals surface area contributed by atoms with E-state index in [1.807, 2.05) is 11.4 Å². The monoisotopic (exact) mass is 430 g/mol. The number of nitrogens with one attached hydrogen (secondary N) is 1. The molecule has 0 radical (unpaired) electrons. The minimum absolute atomic E-state index is 0.137. The highest BCUT2D eigenvalue weighted by Gasteiger charge is 2.37. The molecule has 2 aromatic carbocycles. The molecule has 0 aliphatic carbocycles. The Bertz CT molecular complexity index is 959. The van der Waals surface area contributed by atoms with Crippen LogP contribution in [0, 0.1) is 11.3 Å². The number of carboxylic acid groups (broad SMARTS) is 1. The van der Waals surface area contributed by atoms with Gasteiger partial charge < -0.3 is 10.4 Å². The Labute approximate surface area is 165 Å². The molecule has 0 aliphatic rings. The van der Waals surface area contributed by atoms with E-state index in [4.69, 9.17) is 5.26 Å². The number of hydrogen-bond donors (Lipinski definition) is 2. The summed E-state index contributed by atoms with van der Waals surface area (Å²) in [5.41, 5.74) is -3.70. The predicted molar refractivity (Wildman–Crippen MR) is 90.2 cm³/mol. The summed E-state index contributed by atoms with van der Waals surface area (Å²) in [6.07, 6.45) is -10.6. The predicted octanol–water partition coefficient (Wildman–Crippen LogP) is 4.02. The summed E-state index contributed by atoms with van der Waals surface area (Å²) < 4.78 is 77.5. The van der Waals surface area contributed by atoms with E-state index < -0.39 is 47.0 Å². The second-order valence-corrected chi connectivity index (χ2v) is 6.17. The van der Waals surface area contributed by atoms with Crippen molar-refractivity contribution in [3.8, 4) is 6.07 Å². The molecule has 5 nitrogen and oxygen atoms in total. The first-order valence-electron chi connectivity index (χ1n) is 8.13. The number of rotatable bonds is 5. The Morgan fingerprint density at radius 1 is 0.967 bits per heavy atom. The number of carbonyl (C=O) groups excluding carboxylic acids is 1. The molecule has 0 saturated carbocycles. The van der Waals surface area contributed by atoms with Crippen LogP contribution in [0.5, 0.6) is 0 Å². The van der Waals surface area contributed by atoms with Crippen LogP contribution in [0.2, 0.25) is 0 Å². The molecular formula is C19H12F6N2O3. The first-order chi connectivity index (χ1) is 13.8. The van der Waals surface area contributed by atoms with Gasteiger partial charge in [-0.15, -0.1) is 0 Å². The molecule has 158 valence electrons. The van der Waals surface area contributed by atoms with Crippen molar-refractivity contribution in [2.75, 3.05) is 0 Å². The van der Waals surface area contributed by atoms with E-state index in [2.05, 4.69) is 0 Å². The zero-order chi connectivity index (χ0) is 22.7. The Morgan fingerprint density at radius 3 is 1.87 bits per heavy atom. The second-order valence-electron chi connectivity index (χ2n) is 6.17. The van der Waals surface area contributed by atoms with Crippen LogP contribution in [0.1, 0.15) is 32.6 Å². The van der Waals surface area contributed by atoms with Gasteiger partial charge in [0.05, 0.1) is 22.8 Å². The molecule has 30 heavy (non-hydrogen) atoms. The van der Waals surface area contributed by atoms with Crippen LogP contribution in [0.15, 0.2) is 42.5 Å². The van der Waals surface area contributed by atoms with Gasteiger partial charge in [0.2, 0.25) is 0 Å². The fraction of sp³-hybridized carbons (Fsp3) is 0.211. The Balaban J connectivity index is 2.32. The Hall–Kier alpha value is -3.55. The molecule has 2 rings (SSSR count). The average Bonchev–Trinajstić information content (AvgIpc) is 2.66. The van der Waals surface area contributed by atoms with Gasteiger partial charge in [-0.05, 0) is 35.9 Å². The fourth-order valence-electron chi connectivity index (χ4n) is 2.48. The van der Waals surface area contributed by atoms with Crippen LogP contribution >= 0.6 is 0 Å². The summed E-state index contributed by atoms with van der Waals surface area (Å²) in [6, 6.07) is 6.10. The lowest BCUT2D eigenvalue weighted by Crippen LogP contribution is -2.42. The average molecular weight is 430 g/mol. The van der Waals surface area contributed by atoms with Crippen LogP contribution in [-0.2, 0) is 23.6 Å². The van der Waals surface area contributed by atoms with Crippen molar-refractivity contribution in [1.29, 1.82) is 5.26 Å². The van der Waals surface area contributed by atoms with Crippen LogP contribution in [0.4, 0.5) is 26.3 Å². The number of nitriles is 1. The van der Waals surface area contributed by atoms with Gasteiger partial charge in [-0.1, -0.05) is 12.1 Å². The number of halogens is 6. The summed E-state index contributed by atoms with van der Waals surface area (Å²) in [7, 11) is 0. The minimum atomic E-state index is -5.15. The van der Waals surface area contributed by atoms with Crippen molar-refractivity contribution in [3.05, 3.63) is 70.3 Å². The van der Waals surface area contributed by atoms with Gasteiger partial charge in [0.1, 0.15) is 6.04 Å². The third kappa shape index (κ3) is 5.73. The van der Waals surface area contributed by atoms with E-state index in [1.165, 1.54) is 24.3 Å². The highest BCUT2D eigenvalue weighted by Crippen LogP contribution is 2.36. The zero-order valence-electron chi connectivity index (χ0n) is 14.8. The van der Waals surface area contributed by atoms with Crippen molar-refractivity contribution < 1.29 is 41.0 Å². The van der Waals surface area contributed by atoms with Crippen LogP contribution in [0.3, 0.4) is 0 Å². The summed E-state index contributed by atoms with van der Waals surface area (Å²) >= 11 is 0. The molecule has 0 heterocycles. The maximum Gasteiger partial charge on any atom is 0.416 e. The topological polar surface area (TPSA) is 90.2 Å². The molecule has 1 amide bonds. The molecule has 0 bridgehead atoms. The van der Waals surface area contributed by atoms with Crippen molar-refractivity contribution in [2.45, 2.75) is 24.8 Å². The third-order valence-corrected chi connectivity index (χ3v) is 3.98. The highest BCUT2D eigenvalue weighted by atomic mass is 19.4. The Kier molecular flexibility index (Phi) is 6.40. The number of amides is 1. The van der Waals surface area contributed by atoms with Gasteiger partial charge in [0.25, 0.3) is 5.91 Å². The van der Waals surface area contributed by atoms with Crippen LogP contribution in [-0.4, -0.2) is 23.0 Å². The number of benzene rings is 2. The molecule has 0 aromatic heterocycles. The van der Waals surface area contributed by atoms with Gasteiger partial charge in [-0.2, -0.15) is 31.6 Å². The Morgan fingerprint density at radius 2 is 1.47 bits per heavy atom. The largest absolute Gasteiger partial charge is 0.480 e. The van der Waals surface area contributed by atoms with E-state index in [9.17, 15) is 41.0 Å². The minimum Gasteiger partial charge on any atom is -0.480 e. The zero-order valence-corrected chi connectivity index (χ0v) is 14.8. The molecule has 0 spiro atoms. The van der Waals surface area contributed by atoms with Gasteiger partial charge in [0, 0.05) is 12.0 Å². The molecule has 11 heteroatoms. The number of alkyl halides is 6. The van der Waals surface area contributed by atoms with E-state index >= 15 is 0 Å². The summed E-state index contributed by atoms with van der Waals surface area (Å²) in [5.74, 6) is -2.96. The summed E-state index contributed by atoms with van der Waals surface area (Å²) in [5, 5.41) is 19.9. The lowest BCUT2D eigenvalue weighted by atomic mass is 10.0. The maximum atomic E-state index is 12.9. The van der Waals surface area contributed by atoms with E-state index in [0.717, 1.165) is 0 Å². The lowest BCUT2D eigenvalue weighted by Gasteiger charge is -2.17. The molecule has 0 saturated heterocycles. The highest BCUT2D eigenvalue weighted by molar-refractivity contribution is 5.97. The molecule has 0 aliphatic heterocycles. The molecular weight excluding hydrogens is 418 g/mol. The molecule has 0 fully saturated rings. The van der Waals surface area contributed by atoms with E-state index in [-0.39, 0.29) is 24.6 Å². The lowest BCUT2D eigenvalue weighted by molar-refractivity contribution is -0.143. The van der Waals surface area contributed by atoms with Crippen LogP contribution in [0.25, 0.3) is 0 Å². The van der Waals surface area contributed by atoms with E-state index in [0.29, 0.717) is 11.1 Å². The van der Waals surface area contributed by atoms with Gasteiger partial charge >= 0.3 is 18.3 Å². The maximum absolute atomic E-state index is 12.9. The van der Waals surface area contributed by atoms with Gasteiger partial charge in [-0.3, -0.25) is 4.79 Å². The quantitative estimate of drug-likeness (QED) is 0.702. The number of carboxylic acids is 1. The first kappa shape index (κ1) is 22.7. The van der Waals surface area contributed by atoms with E-state index in [1.54, 1.807) is 0 Å². The number of hydrogen-bond acceptors (Lipinski definition) is 3. The van der Waals surface area contributed by atoms with Crippen molar-refractivity contribution in [3.63, 3.8) is 0 Å². The number of carbonyl (C=O) groups is 2. The number of aliphatic carboxylic acids is 1. The van der Waals surface area contributed by atoms with Crippen molar-refractivity contribution in [1.82, 2.24) is 5.32 Å². The molecule has 2 aromatic rings. The van der Waals surface area contributed by atoms with Gasteiger partial charge in [-0.25, -0.2) is 4.79 Å². The SMILES string of the molecule is N#Cc1ccc(C[C@H](NC(=O)c2cc(C(F)(F)F)cc(C(F)(F)F)c2)C(=O)O)cc1. The normalized spacial score (nSPS) is 12.7. The summed E-state index contributed by atoms with van der Waals surface area (Å²) in [6.45, 7) is 0. The molecule has 2 N–H and O–H groups in total. The molecule has 0 unspecified atom stereocenters. The smallest absolute Gasteiger partial charge is 0.416 e. The fourth-order valence-corrected chi connectivity index (χ4v) is 2.48. The summed E-state index contributed by atoms with van der Waals surface area (Å²) in [4.78, 5) is 23.7. The van der Waals surface area contributed by atoms with Crippen LogP contribution < -0.4 is 5.32 Å². The molecule has 1 atom stereocenters. The number of nitrogens with zero attached hydrogens (tertiary/aromatic N) is 1. The second kappa shape index (κ2) is 8.44. The first-order valence-corrected chi connectivity index (χ1v) is 8.13.